The second-order valence-electron chi connectivity index (χ2n) is 9.50. The van der Waals surface area contributed by atoms with Crippen LogP contribution in [0, 0.1) is 20.8 Å². The smallest absolute Gasteiger partial charge is 0.264 e. The zero-order chi connectivity index (χ0) is 28.7. The molecule has 39 heavy (non-hydrogen) atoms. The number of halogens is 1. The number of aryl methyl sites for hydroxylation is 3. The van der Waals surface area contributed by atoms with Gasteiger partial charge in [-0.15, -0.1) is 0 Å². The molecule has 0 aliphatic rings. The highest BCUT2D eigenvalue weighted by atomic mass is 35.5. The van der Waals surface area contributed by atoms with Crippen LogP contribution < -0.4 is 9.62 Å². The summed E-state index contributed by atoms with van der Waals surface area (Å²) in [5.41, 5.74) is 4.11. The minimum atomic E-state index is -4.15. The molecule has 3 aromatic carbocycles. The lowest BCUT2D eigenvalue weighted by molar-refractivity contribution is -0.140. The van der Waals surface area contributed by atoms with Crippen LogP contribution in [0.1, 0.15) is 42.5 Å². The molecule has 0 radical (unpaired) electrons. The summed E-state index contributed by atoms with van der Waals surface area (Å²) in [5, 5.41) is 3.22. The molecule has 9 heteroatoms. The average molecular weight is 570 g/mol. The number of sulfonamides is 1. The molecule has 1 N–H and O–H groups in total. The van der Waals surface area contributed by atoms with Crippen molar-refractivity contribution < 1.29 is 18.0 Å². The molecule has 2 amide bonds. The molecule has 0 aliphatic carbocycles. The highest BCUT2D eigenvalue weighted by molar-refractivity contribution is 7.92. The molecule has 0 fully saturated rings. The van der Waals surface area contributed by atoms with Gasteiger partial charge in [0.15, 0.2) is 0 Å². The molecule has 0 unspecified atom stereocenters. The fourth-order valence-electron chi connectivity index (χ4n) is 4.33. The molecule has 0 saturated carbocycles. The van der Waals surface area contributed by atoms with Gasteiger partial charge in [0, 0.05) is 18.1 Å². The number of nitrogens with zero attached hydrogens (tertiary/aromatic N) is 2. The fraction of sp³-hybridized carbons (Fsp3) is 0.333. The largest absolute Gasteiger partial charge is 0.355 e. The van der Waals surface area contributed by atoms with Gasteiger partial charge in [0.1, 0.15) is 12.6 Å². The first-order valence-corrected chi connectivity index (χ1v) is 14.8. The molecular formula is C30H36ClN3O4S. The van der Waals surface area contributed by atoms with E-state index in [4.69, 9.17) is 11.6 Å². The third-order valence-corrected chi connectivity index (χ3v) is 8.84. The Kier molecular flexibility index (Phi) is 10.2. The van der Waals surface area contributed by atoms with Gasteiger partial charge in [0.2, 0.25) is 11.8 Å². The number of hydrogen-bond acceptors (Lipinski definition) is 4. The Morgan fingerprint density at radius 3 is 2.15 bits per heavy atom. The quantitative estimate of drug-likeness (QED) is 0.335. The van der Waals surface area contributed by atoms with Crippen molar-refractivity contribution in [3.8, 4) is 0 Å². The van der Waals surface area contributed by atoms with Gasteiger partial charge in [-0.2, -0.15) is 0 Å². The summed E-state index contributed by atoms with van der Waals surface area (Å²) in [4.78, 5) is 28.6. The number of hydrogen-bond donors (Lipinski definition) is 1. The minimum absolute atomic E-state index is 0.0131. The van der Waals surface area contributed by atoms with Crippen LogP contribution in [-0.2, 0) is 26.2 Å². The summed E-state index contributed by atoms with van der Waals surface area (Å²) < 4.78 is 29.0. The molecule has 0 saturated heterocycles. The number of rotatable bonds is 11. The number of anilines is 1. The Balaban J connectivity index is 2.10. The second-order valence-corrected chi connectivity index (χ2v) is 11.8. The Bertz CT molecular complexity index is 1420. The third-order valence-electron chi connectivity index (χ3n) is 6.80. The van der Waals surface area contributed by atoms with E-state index in [-0.39, 0.29) is 17.3 Å². The van der Waals surface area contributed by atoms with Crippen molar-refractivity contribution in [3.05, 3.63) is 94.0 Å². The van der Waals surface area contributed by atoms with Crippen LogP contribution in [-0.4, -0.2) is 44.3 Å². The Morgan fingerprint density at radius 2 is 1.56 bits per heavy atom. The van der Waals surface area contributed by atoms with E-state index in [1.807, 2.05) is 65.0 Å². The number of amides is 2. The summed E-state index contributed by atoms with van der Waals surface area (Å²) in [6.07, 6.45) is 0.372. The summed E-state index contributed by atoms with van der Waals surface area (Å²) in [6, 6.07) is 18.0. The van der Waals surface area contributed by atoms with Gasteiger partial charge in [-0.05, 0) is 92.8 Å². The highest BCUT2D eigenvalue weighted by Gasteiger charge is 2.33. The van der Waals surface area contributed by atoms with Gasteiger partial charge >= 0.3 is 0 Å². The van der Waals surface area contributed by atoms with Crippen LogP contribution in [0.4, 0.5) is 5.69 Å². The summed E-state index contributed by atoms with van der Waals surface area (Å²) in [5.74, 6) is -0.757. The van der Waals surface area contributed by atoms with E-state index in [1.54, 1.807) is 12.1 Å². The second kappa shape index (κ2) is 13.1. The molecule has 0 bridgehead atoms. The van der Waals surface area contributed by atoms with E-state index in [0.29, 0.717) is 23.7 Å². The number of nitrogens with one attached hydrogen (secondary N) is 1. The molecule has 208 valence electrons. The highest BCUT2D eigenvalue weighted by Crippen LogP contribution is 2.27. The molecule has 0 heterocycles. The monoisotopic (exact) mass is 569 g/mol. The molecule has 0 aliphatic heterocycles. The summed E-state index contributed by atoms with van der Waals surface area (Å²) in [7, 11) is -4.15. The van der Waals surface area contributed by atoms with Crippen LogP contribution in [0.5, 0.6) is 0 Å². The van der Waals surface area contributed by atoms with Gasteiger partial charge in [-0.1, -0.05) is 48.9 Å². The van der Waals surface area contributed by atoms with Crippen molar-refractivity contribution in [2.45, 2.75) is 58.5 Å². The van der Waals surface area contributed by atoms with Crippen LogP contribution in [0.2, 0.25) is 5.02 Å². The zero-order valence-corrected chi connectivity index (χ0v) is 24.6. The van der Waals surface area contributed by atoms with Crippen LogP contribution >= 0.6 is 11.6 Å². The van der Waals surface area contributed by atoms with E-state index in [9.17, 15) is 18.0 Å². The molecule has 0 aromatic heterocycles. The lowest BCUT2D eigenvalue weighted by atomic mass is 10.1. The van der Waals surface area contributed by atoms with Crippen molar-refractivity contribution in [2.75, 3.05) is 17.4 Å². The maximum absolute atomic E-state index is 14.1. The first-order valence-electron chi connectivity index (χ1n) is 13.0. The maximum Gasteiger partial charge on any atom is 0.264 e. The van der Waals surface area contributed by atoms with Crippen LogP contribution in [0.25, 0.3) is 0 Å². The van der Waals surface area contributed by atoms with Crippen LogP contribution in [0.3, 0.4) is 0 Å². The van der Waals surface area contributed by atoms with Crippen LogP contribution in [0.15, 0.2) is 71.6 Å². The van der Waals surface area contributed by atoms with Crippen molar-refractivity contribution in [2.24, 2.45) is 0 Å². The molecule has 1 atom stereocenters. The normalized spacial score (nSPS) is 12.1. The van der Waals surface area contributed by atoms with E-state index in [2.05, 4.69) is 5.32 Å². The molecular weight excluding hydrogens is 534 g/mol. The van der Waals surface area contributed by atoms with Gasteiger partial charge < -0.3 is 10.2 Å². The van der Waals surface area contributed by atoms with Gasteiger partial charge in [0.25, 0.3) is 10.0 Å². The van der Waals surface area contributed by atoms with Gasteiger partial charge in [-0.3, -0.25) is 13.9 Å². The zero-order valence-electron chi connectivity index (χ0n) is 23.1. The number of carbonyl (C=O) groups excluding carboxylic acids is 2. The molecule has 7 nitrogen and oxygen atoms in total. The Labute approximate surface area is 236 Å². The summed E-state index contributed by atoms with van der Waals surface area (Å²) >= 11 is 6.01. The van der Waals surface area contributed by atoms with E-state index >= 15 is 0 Å². The van der Waals surface area contributed by atoms with Crippen molar-refractivity contribution >= 4 is 39.1 Å². The predicted octanol–water partition coefficient (Wildman–Crippen LogP) is 5.40. The molecule has 3 rings (SSSR count). The lowest BCUT2D eigenvalue weighted by Gasteiger charge is -2.33. The Morgan fingerprint density at radius 1 is 0.897 bits per heavy atom. The van der Waals surface area contributed by atoms with Gasteiger partial charge in [-0.25, -0.2) is 8.42 Å². The maximum atomic E-state index is 14.1. The third kappa shape index (κ3) is 7.19. The number of carbonyl (C=O) groups is 2. The molecule has 0 spiro atoms. The SMILES string of the molecule is CCNC(=O)[C@@H](CC)N(Cc1ccccc1C)C(=O)CN(c1ccc(C)c(C)c1)S(=O)(=O)c1ccc(Cl)cc1. The average Bonchev–Trinajstić information content (AvgIpc) is 2.90. The minimum Gasteiger partial charge on any atom is -0.355 e. The van der Waals surface area contributed by atoms with E-state index in [1.165, 1.54) is 29.2 Å². The van der Waals surface area contributed by atoms with E-state index in [0.717, 1.165) is 26.6 Å². The first kappa shape index (κ1) is 30.2. The predicted molar refractivity (Wildman–Crippen MR) is 156 cm³/mol. The lowest BCUT2D eigenvalue weighted by Crippen LogP contribution is -2.52. The molecule has 3 aromatic rings. The van der Waals surface area contributed by atoms with Gasteiger partial charge in [0.05, 0.1) is 10.6 Å². The first-order chi connectivity index (χ1) is 18.5. The number of benzene rings is 3. The summed E-state index contributed by atoms with van der Waals surface area (Å²) in [6.45, 7) is 9.53. The van der Waals surface area contributed by atoms with Crippen molar-refractivity contribution in [1.29, 1.82) is 0 Å². The van der Waals surface area contributed by atoms with E-state index < -0.39 is 28.5 Å². The van der Waals surface area contributed by atoms with Crippen molar-refractivity contribution in [3.63, 3.8) is 0 Å². The topological polar surface area (TPSA) is 86.8 Å². The number of likely N-dealkylation sites (N-methyl/N-ethyl adjacent to an activating group) is 1. The fourth-order valence-corrected chi connectivity index (χ4v) is 5.86. The Hall–Kier alpha value is -3.36. The van der Waals surface area contributed by atoms with Crippen molar-refractivity contribution in [1.82, 2.24) is 10.2 Å². The standard InChI is InChI=1S/C30H36ClN3O4S/c1-6-28(30(36)32-7-2)33(19-24-11-9-8-10-22(24)4)29(35)20-34(26-15-12-21(3)23(5)18-26)39(37,38)27-16-13-25(31)14-17-27/h8-18,28H,6-7,19-20H2,1-5H3,(H,32,36)/t28-/m1/s1.